The lowest BCUT2D eigenvalue weighted by atomic mass is 10.2. The number of carbonyl (C=O) groups is 1. The molecule has 3 rings (SSSR count). The summed E-state index contributed by atoms with van der Waals surface area (Å²) in [5, 5.41) is 5.20. The molecule has 1 amide bonds. The van der Waals surface area contributed by atoms with Crippen molar-refractivity contribution in [3.8, 4) is 11.5 Å². The molecule has 0 radical (unpaired) electrons. The number of methoxy groups -OCH3 is 2. The molecule has 0 fully saturated rings. The molecule has 3 aromatic rings. The molecule has 0 saturated carbocycles. The monoisotopic (exact) mass is 351 g/mol. The third-order valence-corrected chi connectivity index (χ3v) is 4.14. The van der Waals surface area contributed by atoms with Crippen molar-refractivity contribution in [1.82, 2.24) is 9.99 Å². The fourth-order valence-electron chi connectivity index (χ4n) is 2.80. The fraction of sp³-hybridized carbons (Fsp3) is 0.200. The Bertz CT molecular complexity index is 938. The Morgan fingerprint density at radius 1 is 1.15 bits per heavy atom. The first-order chi connectivity index (χ1) is 12.7. The highest BCUT2D eigenvalue weighted by atomic mass is 16.5. The van der Waals surface area contributed by atoms with Crippen LogP contribution in [0.25, 0.3) is 10.9 Å². The first-order valence-corrected chi connectivity index (χ1v) is 8.30. The molecule has 2 aromatic carbocycles. The smallest absolute Gasteiger partial charge is 0.271 e. The molecule has 1 heterocycles. The van der Waals surface area contributed by atoms with Crippen LogP contribution in [0.1, 0.15) is 22.8 Å². The van der Waals surface area contributed by atoms with E-state index < -0.39 is 0 Å². The van der Waals surface area contributed by atoms with Gasteiger partial charge >= 0.3 is 0 Å². The number of aromatic nitrogens is 1. The SMILES string of the molecule is CCn1cc(C=NNC(=O)c2cc(OC)cc(OC)c2)c2ccccc21. The van der Waals surface area contributed by atoms with Gasteiger partial charge in [-0.1, -0.05) is 18.2 Å². The highest BCUT2D eigenvalue weighted by Gasteiger charge is 2.09. The van der Waals surface area contributed by atoms with E-state index in [2.05, 4.69) is 28.1 Å². The highest BCUT2D eigenvalue weighted by molar-refractivity contribution is 6.00. The number of fused-ring (bicyclic) bond motifs is 1. The summed E-state index contributed by atoms with van der Waals surface area (Å²) in [5.74, 6) is 0.756. The number of rotatable bonds is 6. The number of aryl methyl sites for hydroxylation is 1. The molecule has 6 nitrogen and oxygen atoms in total. The van der Waals surface area contributed by atoms with Gasteiger partial charge in [0.15, 0.2) is 0 Å². The number of hydrogen-bond donors (Lipinski definition) is 1. The van der Waals surface area contributed by atoms with Gasteiger partial charge < -0.3 is 14.0 Å². The number of hydrazone groups is 1. The van der Waals surface area contributed by atoms with E-state index in [1.807, 2.05) is 24.4 Å². The lowest BCUT2D eigenvalue weighted by molar-refractivity contribution is 0.0954. The molecule has 0 aliphatic heterocycles. The molecule has 0 bridgehead atoms. The van der Waals surface area contributed by atoms with Crippen LogP contribution in [0.15, 0.2) is 53.8 Å². The Kier molecular flexibility index (Phi) is 5.22. The topological polar surface area (TPSA) is 64.9 Å². The van der Waals surface area contributed by atoms with Crippen molar-refractivity contribution in [2.45, 2.75) is 13.5 Å². The molecule has 0 saturated heterocycles. The Morgan fingerprint density at radius 3 is 2.50 bits per heavy atom. The van der Waals surface area contributed by atoms with Crippen molar-refractivity contribution < 1.29 is 14.3 Å². The van der Waals surface area contributed by atoms with Crippen LogP contribution in [0.2, 0.25) is 0 Å². The van der Waals surface area contributed by atoms with Gasteiger partial charge in [0, 0.05) is 40.8 Å². The molecular weight excluding hydrogens is 330 g/mol. The van der Waals surface area contributed by atoms with Crippen molar-refractivity contribution in [2.75, 3.05) is 14.2 Å². The molecule has 26 heavy (non-hydrogen) atoms. The van der Waals surface area contributed by atoms with Crippen molar-refractivity contribution in [1.29, 1.82) is 0 Å². The second kappa shape index (κ2) is 7.74. The van der Waals surface area contributed by atoms with Gasteiger partial charge in [0.25, 0.3) is 5.91 Å². The van der Waals surface area contributed by atoms with Gasteiger partial charge in [-0.3, -0.25) is 4.79 Å². The van der Waals surface area contributed by atoms with E-state index in [4.69, 9.17) is 9.47 Å². The zero-order valence-electron chi connectivity index (χ0n) is 15.0. The summed E-state index contributed by atoms with van der Waals surface area (Å²) in [7, 11) is 3.08. The van der Waals surface area contributed by atoms with E-state index in [1.165, 1.54) is 14.2 Å². The Labute approximate surface area is 152 Å². The molecule has 6 heteroatoms. The van der Waals surface area contributed by atoms with Crippen molar-refractivity contribution >= 4 is 23.0 Å². The van der Waals surface area contributed by atoms with Crippen molar-refractivity contribution in [3.63, 3.8) is 0 Å². The Balaban J connectivity index is 1.80. The third-order valence-electron chi connectivity index (χ3n) is 4.14. The molecule has 134 valence electrons. The van der Waals surface area contributed by atoms with E-state index >= 15 is 0 Å². The first-order valence-electron chi connectivity index (χ1n) is 8.30. The molecule has 1 aromatic heterocycles. The number of ether oxygens (including phenoxy) is 2. The lowest BCUT2D eigenvalue weighted by Crippen LogP contribution is -2.17. The van der Waals surface area contributed by atoms with E-state index in [1.54, 1.807) is 24.4 Å². The normalized spacial score (nSPS) is 11.0. The average Bonchev–Trinajstić information content (AvgIpc) is 3.05. The second-order valence-corrected chi connectivity index (χ2v) is 5.69. The maximum absolute atomic E-state index is 12.4. The number of benzene rings is 2. The van der Waals surface area contributed by atoms with Crippen LogP contribution in [0.3, 0.4) is 0 Å². The zero-order valence-corrected chi connectivity index (χ0v) is 15.0. The fourth-order valence-corrected chi connectivity index (χ4v) is 2.80. The molecular formula is C20H21N3O3. The van der Waals surface area contributed by atoms with Crippen LogP contribution in [-0.4, -0.2) is 30.9 Å². The quantitative estimate of drug-likeness (QED) is 0.546. The maximum Gasteiger partial charge on any atom is 0.271 e. The Hall–Kier alpha value is -3.28. The van der Waals surface area contributed by atoms with Gasteiger partial charge in [0.2, 0.25) is 0 Å². The van der Waals surface area contributed by atoms with Crippen molar-refractivity contribution in [2.24, 2.45) is 5.10 Å². The zero-order chi connectivity index (χ0) is 18.5. The number of amides is 1. The summed E-state index contributed by atoms with van der Waals surface area (Å²) < 4.78 is 12.5. The molecule has 1 N–H and O–H groups in total. The minimum atomic E-state index is -0.335. The minimum Gasteiger partial charge on any atom is -0.497 e. The number of hydrogen-bond acceptors (Lipinski definition) is 4. The van der Waals surface area contributed by atoms with Crippen LogP contribution < -0.4 is 14.9 Å². The van der Waals surface area contributed by atoms with Crippen LogP contribution in [0, 0.1) is 0 Å². The van der Waals surface area contributed by atoms with E-state index in [0.717, 1.165) is 23.0 Å². The third kappa shape index (κ3) is 3.54. The predicted molar refractivity (Wildman–Crippen MR) is 102 cm³/mol. The molecule has 0 unspecified atom stereocenters. The van der Waals surface area contributed by atoms with Gasteiger partial charge in [-0.05, 0) is 25.1 Å². The van der Waals surface area contributed by atoms with Gasteiger partial charge in [0.05, 0.1) is 20.4 Å². The van der Waals surface area contributed by atoms with Crippen LogP contribution in [0.4, 0.5) is 0 Å². The van der Waals surface area contributed by atoms with Gasteiger partial charge in [-0.15, -0.1) is 0 Å². The van der Waals surface area contributed by atoms with Gasteiger partial charge in [0.1, 0.15) is 11.5 Å². The largest absolute Gasteiger partial charge is 0.497 e. The van der Waals surface area contributed by atoms with E-state index in [9.17, 15) is 4.79 Å². The van der Waals surface area contributed by atoms with Crippen molar-refractivity contribution in [3.05, 3.63) is 59.8 Å². The average molecular weight is 351 g/mol. The lowest BCUT2D eigenvalue weighted by Gasteiger charge is -2.07. The summed E-state index contributed by atoms with van der Waals surface area (Å²) >= 11 is 0. The second-order valence-electron chi connectivity index (χ2n) is 5.69. The standard InChI is InChI=1S/C20H21N3O3/c1-4-23-13-15(18-7-5-6-8-19(18)23)12-21-22-20(24)14-9-16(25-2)11-17(10-14)26-3/h5-13H,4H2,1-3H3,(H,22,24). The van der Waals surface area contributed by atoms with Crippen LogP contribution >= 0.6 is 0 Å². The number of nitrogens with zero attached hydrogens (tertiary/aromatic N) is 2. The summed E-state index contributed by atoms with van der Waals surface area (Å²) in [4.78, 5) is 12.4. The molecule has 0 aliphatic carbocycles. The number of para-hydroxylation sites is 1. The molecule has 0 atom stereocenters. The van der Waals surface area contributed by atoms with Crippen LogP contribution in [0.5, 0.6) is 11.5 Å². The predicted octanol–water partition coefficient (Wildman–Crippen LogP) is 3.44. The highest BCUT2D eigenvalue weighted by Crippen LogP contribution is 2.22. The van der Waals surface area contributed by atoms with E-state index in [-0.39, 0.29) is 5.91 Å². The van der Waals surface area contributed by atoms with Gasteiger partial charge in [-0.25, -0.2) is 5.43 Å². The minimum absolute atomic E-state index is 0.335. The van der Waals surface area contributed by atoms with Crippen LogP contribution in [-0.2, 0) is 6.54 Å². The maximum atomic E-state index is 12.4. The summed E-state index contributed by atoms with van der Waals surface area (Å²) in [6, 6.07) is 13.1. The summed E-state index contributed by atoms with van der Waals surface area (Å²) in [6.07, 6.45) is 3.68. The van der Waals surface area contributed by atoms with E-state index in [0.29, 0.717) is 17.1 Å². The number of carbonyl (C=O) groups excluding carboxylic acids is 1. The Morgan fingerprint density at radius 2 is 1.85 bits per heavy atom. The molecule has 0 aliphatic rings. The number of nitrogens with one attached hydrogen (secondary N) is 1. The summed E-state index contributed by atoms with van der Waals surface area (Å²) in [5.41, 5.74) is 5.05. The summed E-state index contributed by atoms with van der Waals surface area (Å²) in [6.45, 7) is 2.95. The van der Waals surface area contributed by atoms with Gasteiger partial charge in [-0.2, -0.15) is 5.10 Å². The first kappa shape index (κ1) is 17.5. The molecule has 0 spiro atoms.